The quantitative estimate of drug-likeness (QED) is 0.0412. The number of nitrogens with zero attached hydrogens (tertiary/aromatic N) is 3. The number of hydrogen-bond donors (Lipinski definition) is 4. The predicted octanol–water partition coefficient (Wildman–Crippen LogP) is 11.3. The lowest BCUT2D eigenvalue weighted by Gasteiger charge is -2.26. The number of aromatic nitrogens is 2. The van der Waals surface area contributed by atoms with E-state index in [2.05, 4.69) is 20.6 Å². The van der Waals surface area contributed by atoms with Crippen LogP contribution in [0.5, 0.6) is 23.0 Å². The molecule has 3 amide bonds. The van der Waals surface area contributed by atoms with Crippen molar-refractivity contribution in [3.8, 4) is 23.0 Å². The number of sulfonamides is 1. The fraction of sp³-hybridized carbons (Fsp3) is 0.327. The van der Waals surface area contributed by atoms with Gasteiger partial charge in [0.05, 0.1) is 32.5 Å². The third kappa shape index (κ3) is 19.1. The van der Waals surface area contributed by atoms with Gasteiger partial charge in [0.25, 0.3) is 10.0 Å². The zero-order valence-corrected chi connectivity index (χ0v) is 46.6. The van der Waals surface area contributed by atoms with Crippen LogP contribution in [0.15, 0.2) is 92.2 Å². The average Bonchev–Trinajstić information content (AvgIpc) is 4.04. The molecule has 17 nitrogen and oxygen atoms in total. The highest BCUT2D eigenvalue weighted by atomic mass is 35.5. The molecular formula is C49H55Cl4F2N7O10S4. The first-order chi connectivity index (χ1) is 35.3. The molecule has 2 heterocycles. The van der Waals surface area contributed by atoms with Crippen LogP contribution in [0.1, 0.15) is 70.7 Å². The zero-order valence-electron chi connectivity index (χ0n) is 40.3. The average molecular weight is 1210 g/mol. The monoisotopic (exact) mass is 1210 g/mol. The van der Waals surface area contributed by atoms with Gasteiger partial charge in [0.2, 0.25) is 11.8 Å². The molecule has 0 radical (unpaired) electrons. The first-order valence-electron chi connectivity index (χ1n) is 22.5. The number of carbonyl (C=O) groups excluding carboxylic acids is 3. The summed E-state index contributed by atoms with van der Waals surface area (Å²) in [6, 6.07) is 13.6. The van der Waals surface area contributed by atoms with E-state index in [4.69, 9.17) is 72.1 Å². The second kappa shape index (κ2) is 29.0. The van der Waals surface area contributed by atoms with Crippen LogP contribution >= 0.6 is 69.1 Å². The smallest absolute Gasteiger partial charge is 0.430 e. The van der Waals surface area contributed by atoms with Crippen molar-refractivity contribution < 1.29 is 54.2 Å². The van der Waals surface area contributed by atoms with Crippen LogP contribution in [0.25, 0.3) is 0 Å². The van der Waals surface area contributed by atoms with E-state index in [9.17, 15) is 35.6 Å². The number of thiazole rings is 2. The van der Waals surface area contributed by atoms with Crippen molar-refractivity contribution in [3.63, 3.8) is 0 Å². The van der Waals surface area contributed by atoms with E-state index in [1.165, 1.54) is 27.7 Å². The maximum Gasteiger partial charge on any atom is 0.430 e. The first kappa shape index (κ1) is 63.3. The molecule has 6 rings (SSSR count). The van der Waals surface area contributed by atoms with Gasteiger partial charge in [-0.05, 0) is 119 Å². The summed E-state index contributed by atoms with van der Waals surface area (Å²) in [5.74, 6) is -3.04. The predicted molar refractivity (Wildman–Crippen MR) is 294 cm³/mol. The molecule has 76 heavy (non-hydrogen) atoms. The Morgan fingerprint density at radius 3 is 1.59 bits per heavy atom. The number of ether oxygens (including phenoxy) is 3. The van der Waals surface area contributed by atoms with Crippen LogP contribution in [0.4, 0.5) is 19.4 Å². The molecule has 27 heteroatoms. The molecule has 0 saturated heterocycles. The summed E-state index contributed by atoms with van der Waals surface area (Å²) >= 11 is 27.2. The number of anilines is 1. The summed E-state index contributed by atoms with van der Waals surface area (Å²) in [6.45, 7) is 6.85. The van der Waals surface area contributed by atoms with E-state index in [0.29, 0.717) is 89.0 Å². The lowest BCUT2D eigenvalue weighted by molar-refractivity contribution is -0.118. The Morgan fingerprint density at radius 2 is 1.14 bits per heavy atom. The highest BCUT2D eigenvalue weighted by Gasteiger charge is 2.38. The minimum absolute atomic E-state index is 0. The topological polar surface area (TPSA) is 252 Å². The summed E-state index contributed by atoms with van der Waals surface area (Å²) in [5, 5.41) is 9.81. The largest absolute Gasteiger partial charge is 0.455 e. The minimum Gasteiger partial charge on any atom is -0.455 e. The number of nitrogens with two attached hydrogens (primary N) is 2. The van der Waals surface area contributed by atoms with Gasteiger partial charge in [-0.3, -0.25) is 9.59 Å². The number of aryl methyl sites for hydroxylation is 2. The summed E-state index contributed by atoms with van der Waals surface area (Å²) in [4.78, 5) is 41.0. The summed E-state index contributed by atoms with van der Waals surface area (Å²) < 4.78 is 99.8. The van der Waals surface area contributed by atoms with Gasteiger partial charge in [-0.25, -0.2) is 40.4 Å². The number of benzene rings is 4. The number of primary amides is 2. The van der Waals surface area contributed by atoms with E-state index in [1.54, 1.807) is 62.5 Å². The third-order valence-corrected chi connectivity index (χ3v) is 15.6. The molecular weight excluding hydrogens is 1150 g/mol. The van der Waals surface area contributed by atoms with Crippen molar-refractivity contribution in [2.24, 2.45) is 11.5 Å². The van der Waals surface area contributed by atoms with Crippen molar-refractivity contribution in [2.75, 3.05) is 30.5 Å². The van der Waals surface area contributed by atoms with Crippen molar-refractivity contribution in [3.05, 3.63) is 131 Å². The normalized spacial score (nSPS) is 11.5. The SMILES string of the molecule is C.CC(C)(C)OC(=O)N(c1cscn1)S(=O)(=O)c1cc(Cl)c(Oc2ccc(Cl)cc2CCCNCCC(N)=O)cc1F.NC(=O)CCNCCCc1cc(Cl)ccc1Oc1cc(F)c(S(=O)(=O)Cc2cscn2)cc1Cl. The maximum absolute atomic E-state index is 15.4. The molecule has 0 bridgehead atoms. The molecule has 4 aromatic carbocycles. The molecule has 412 valence electrons. The van der Waals surface area contributed by atoms with Crippen LogP contribution < -0.4 is 35.9 Å². The van der Waals surface area contributed by atoms with Gasteiger partial charge < -0.3 is 36.3 Å². The molecule has 2 aromatic heterocycles. The number of sulfone groups is 1. The minimum atomic E-state index is -4.84. The van der Waals surface area contributed by atoms with Gasteiger partial charge in [0.15, 0.2) is 15.7 Å². The molecule has 6 N–H and O–H groups in total. The van der Waals surface area contributed by atoms with Crippen LogP contribution in [0.3, 0.4) is 0 Å². The standard InChI is InChI=1S/C26H29Cl2FN4O6S2.C22H22Cl2FN3O4S2.CH4/c1-26(2,3)39-25(35)33(24-14-40-15-32-24)41(36,37)22-12-18(28)21(13-19(22)29)38-20-7-6-17(27)11-16(20)5-4-9-31-10-8-23(30)34;23-15-3-4-19(14(8-15)2-1-6-27-7-5-22(26)29)32-20-10-18(25)21(9-17(20)24)34(30,31)12-16-11-33-13-28-16;/h6-7,11-15,31H,4-5,8-10H2,1-3H3,(H2,30,34);3-4,8-11,13,27H,1-2,5-7,12H2,(H2,26,29);1H4. The Hall–Kier alpha value is -5.21. The van der Waals surface area contributed by atoms with Gasteiger partial charge in [0, 0.05) is 58.9 Å². The Balaban J connectivity index is 0.000000330. The Kier molecular flexibility index (Phi) is 24.1. The fourth-order valence-electron chi connectivity index (χ4n) is 6.62. The Morgan fingerprint density at radius 1 is 0.671 bits per heavy atom. The van der Waals surface area contributed by atoms with E-state index in [1.807, 2.05) is 0 Å². The molecule has 0 aliphatic heterocycles. The molecule has 0 aliphatic rings. The molecule has 0 saturated carbocycles. The van der Waals surface area contributed by atoms with Crippen molar-refractivity contribution >= 4 is 113 Å². The first-order valence-corrected chi connectivity index (χ1v) is 29.0. The Bertz CT molecular complexity index is 3170. The lowest BCUT2D eigenvalue weighted by atomic mass is 10.1. The van der Waals surface area contributed by atoms with Crippen molar-refractivity contribution in [2.45, 2.75) is 87.9 Å². The van der Waals surface area contributed by atoms with Crippen molar-refractivity contribution in [1.29, 1.82) is 0 Å². The van der Waals surface area contributed by atoms with E-state index in [0.717, 1.165) is 41.2 Å². The molecule has 0 fully saturated rings. The van der Waals surface area contributed by atoms with Gasteiger partial charge in [-0.1, -0.05) is 53.8 Å². The highest BCUT2D eigenvalue weighted by molar-refractivity contribution is 7.93. The van der Waals surface area contributed by atoms with Gasteiger partial charge in [0.1, 0.15) is 50.0 Å². The van der Waals surface area contributed by atoms with Gasteiger partial charge in [-0.15, -0.1) is 27.0 Å². The molecule has 0 spiro atoms. The molecule has 6 aromatic rings. The molecule has 0 atom stereocenters. The van der Waals surface area contributed by atoms with E-state index < -0.39 is 64.6 Å². The molecule has 0 aliphatic carbocycles. The number of carbonyl (C=O) groups is 3. The summed E-state index contributed by atoms with van der Waals surface area (Å²) in [6.07, 6.45) is 1.70. The summed E-state index contributed by atoms with van der Waals surface area (Å²) in [5.41, 5.74) is 13.8. The van der Waals surface area contributed by atoms with Gasteiger partial charge in [-0.2, -0.15) is 0 Å². The second-order valence-electron chi connectivity index (χ2n) is 17.1. The second-order valence-corrected chi connectivity index (χ2v) is 23.9. The number of rotatable bonds is 24. The number of amides is 3. The maximum atomic E-state index is 15.4. The van der Waals surface area contributed by atoms with Crippen LogP contribution in [-0.2, 0) is 52.8 Å². The lowest BCUT2D eigenvalue weighted by Crippen LogP contribution is -2.41. The summed E-state index contributed by atoms with van der Waals surface area (Å²) in [7, 11) is -8.83. The fourth-order valence-corrected chi connectivity index (χ4v) is 11.5. The van der Waals surface area contributed by atoms with Crippen LogP contribution in [-0.4, -0.2) is 76.5 Å². The number of halogens is 6. The third-order valence-electron chi connectivity index (χ3n) is 10.0. The zero-order chi connectivity index (χ0) is 55.1. The number of nitrogens with one attached hydrogen (secondary N) is 2. The van der Waals surface area contributed by atoms with Gasteiger partial charge >= 0.3 is 6.09 Å². The highest BCUT2D eigenvalue weighted by Crippen LogP contribution is 2.39. The Labute approximate surface area is 468 Å². The van der Waals surface area contributed by atoms with E-state index in [-0.39, 0.29) is 53.5 Å². The molecule has 0 unspecified atom stereocenters. The van der Waals surface area contributed by atoms with Crippen LogP contribution in [0.2, 0.25) is 20.1 Å². The van der Waals surface area contributed by atoms with Crippen molar-refractivity contribution in [1.82, 2.24) is 20.6 Å². The van der Waals surface area contributed by atoms with E-state index >= 15 is 4.39 Å². The number of hydrogen-bond acceptors (Lipinski definition) is 16. The van der Waals surface area contributed by atoms with Crippen LogP contribution in [0, 0.1) is 11.6 Å².